The first-order valence-corrected chi connectivity index (χ1v) is 6.35. The molecule has 1 unspecified atom stereocenters. The topological polar surface area (TPSA) is 102 Å². The summed E-state index contributed by atoms with van der Waals surface area (Å²) < 4.78 is 10.1. The summed E-state index contributed by atoms with van der Waals surface area (Å²) in [4.78, 5) is 3.92. The van der Waals surface area contributed by atoms with E-state index in [0.717, 1.165) is 13.0 Å². The van der Waals surface area contributed by atoms with Crippen molar-refractivity contribution in [3.05, 3.63) is 18.1 Å². The van der Waals surface area contributed by atoms with Crippen LogP contribution in [0.3, 0.4) is 0 Å². The lowest BCUT2D eigenvalue weighted by Gasteiger charge is -2.07. The van der Waals surface area contributed by atoms with Gasteiger partial charge in [-0.2, -0.15) is 4.98 Å². The first kappa shape index (κ1) is 13.5. The molecule has 8 nitrogen and oxygen atoms in total. The Labute approximate surface area is 111 Å². The molecule has 0 radical (unpaired) electrons. The summed E-state index contributed by atoms with van der Waals surface area (Å²) in [5.41, 5.74) is 0. The van der Waals surface area contributed by atoms with Crippen molar-refractivity contribution in [1.29, 1.82) is 0 Å². The van der Waals surface area contributed by atoms with Crippen LogP contribution < -0.4 is 10.6 Å². The van der Waals surface area contributed by atoms with Gasteiger partial charge < -0.3 is 19.6 Å². The Bertz CT molecular complexity index is 469. The highest BCUT2D eigenvalue weighted by Crippen LogP contribution is 2.13. The van der Waals surface area contributed by atoms with Gasteiger partial charge in [0.25, 0.3) is 0 Å². The van der Waals surface area contributed by atoms with Crippen LogP contribution in [0.1, 0.15) is 38.0 Å². The molecule has 0 saturated carbocycles. The van der Waals surface area contributed by atoms with E-state index in [1.54, 1.807) is 0 Å². The zero-order valence-corrected chi connectivity index (χ0v) is 11.1. The van der Waals surface area contributed by atoms with Gasteiger partial charge in [-0.1, -0.05) is 17.2 Å². The molecule has 0 aliphatic rings. The molecule has 2 aromatic heterocycles. The lowest BCUT2D eigenvalue weighted by Crippen LogP contribution is -2.19. The minimum absolute atomic E-state index is 0.0557. The first-order valence-electron chi connectivity index (χ1n) is 6.35. The van der Waals surface area contributed by atoms with E-state index < -0.39 is 0 Å². The Balaban J connectivity index is 1.77. The van der Waals surface area contributed by atoms with Crippen molar-refractivity contribution in [1.82, 2.24) is 25.7 Å². The van der Waals surface area contributed by atoms with Crippen molar-refractivity contribution in [2.24, 2.45) is 0 Å². The second-order valence-corrected chi connectivity index (χ2v) is 4.15. The largest absolute Gasteiger partial charge is 0.406 e. The zero-order chi connectivity index (χ0) is 13.5. The Morgan fingerprint density at radius 2 is 2.21 bits per heavy atom. The molecular formula is C11H18N6O2. The Morgan fingerprint density at radius 1 is 1.32 bits per heavy atom. The summed E-state index contributed by atoms with van der Waals surface area (Å²) in [6.45, 7) is 5.63. The van der Waals surface area contributed by atoms with Gasteiger partial charge in [-0.3, -0.25) is 0 Å². The molecule has 1 atom stereocenters. The third-order valence-corrected chi connectivity index (χ3v) is 2.54. The normalized spacial score (nSPS) is 12.5. The van der Waals surface area contributed by atoms with Crippen molar-refractivity contribution < 1.29 is 8.94 Å². The second-order valence-electron chi connectivity index (χ2n) is 4.15. The monoisotopic (exact) mass is 266 g/mol. The molecule has 0 saturated heterocycles. The van der Waals surface area contributed by atoms with E-state index in [1.165, 1.54) is 6.39 Å². The quantitative estimate of drug-likeness (QED) is 0.734. The van der Waals surface area contributed by atoms with E-state index in [2.05, 4.69) is 42.4 Å². The van der Waals surface area contributed by atoms with E-state index in [4.69, 9.17) is 4.42 Å². The predicted octanol–water partition coefficient (Wildman–Crippen LogP) is 1.17. The van der Waals surface area contributed by atoms with Gasteiger partial charge in [0, 0.05) is 13.0 Å². The summed E-state index contributed by atoms with van der Waals surface area (Å²) in [7, 11) is 0. The number of hydrogen-bond acceptors (Lipinski definition) is 8. The number of nitrogens with one attached hydrogen (secondary N) is 2. The van der Waals surface area contributed by atoms with E-state index in [1.807, 2.05) is 6.92 Å². The molecule has 0 aromatic carbocycles. The molecule has 0 amide bonds. The second kappa shape index (κ2) is 6.83. The van der Waals surface area contributed by atoms with Crippen molar-refractivity contribution in [2.75, 3.05) is 18.4 Å². The van der Waals surface area contributed by atoms with Crippen LogP contribution in [-0.2, 0) is 6.42 Å². The summed E-state index contributed by atoms with van der Waals surface area (Å²) in [6, 6.07) is 0.462. The zero-order valence-electron chi connectivity index (χ0n) is 11.1. The van der Waals surface area contributed by atoms with Crippen LogP contribution in [-0.4, -0.2) is 33.4 Å². The van der Waals surface area contributed by atoms with E-state index in [-0.39, 0.29) is 6.04 Å². The molecule has 2 heterocycles. The summed E-state index contributed by atoms with van der Waals surface area (Å²) in [5, 5.41) is 17.9. The molecule has 0 fully saturated rings. The summed E-state index contributed by atoms with van der Waals surface area (Å²) >= 11 is 0. The highest BCUT2D eigenvalue weighted by molar-refractivity contribution is 5.17. The Kier molecular flexibility index (Phi) is 4.85. The fourth-order valence-corrected chi connectivity index (χ4v) is 1.51. The molecule has 8 heteroatoms. The van der Waals surface area contributed by atoms with Crippen LogP contribution in [0.4, 0.5) is 6.01 Å². The lowest BCUT2D eigenvalue weighted by molar-refractivity contribution is 0.409. The molecule has 2 aromatic rings. The third-order valence-electron chi connectivity index (χ3n) is 2.54. The standard InChI is InChI=1S/C11H18N6O2/c1-3-5-12-8(2)10-15-16-11(19-10)13-6-4-9-14-7-18-17-9/h7-8,12H,3-6H2,1-2H3,(H,13,16). The average Bonchev–Trinajstić information content (AvgIpc) is 3.07. The van der Waals surface area contributed by atoms with E-state index in [9.17, 15) is 0 Å². The smallest absolute Gasteiger partial charge is 0.315 e. The molecule has 0 spiro atoms. The molecule has 2 N–H and O–H groups in total. The maximum Gasteiger partial charge on any atom is 0.315 e. The number of aromatic nitrogens is 4. The van der Waals surface area contributed by atoms with Gasteiger partial charge in [-0.25, -0.2) is 0 Å². The van der Waals surface area contributed by atoms with Crippen molar-refractivity contribution >= 4 is 6.01 Å². The van der Waals surface area contributed by atoms with Crippen LogP contribution in [0.15, 0.2) is 15.3 Å². The lowest BCUT2D eigenvalue weighted by atomic mass is 10.3. The van der Waals surface area contributed by atoms with Crippen molar-refractivity contribution in [2.45, 2.75) is 32.7 Å². The first-order chi connectivity index (χ1) is 9.29. The Morgan fingerprint density at radius 3 is 2.95 bits per heavy atom. The molecule has 104 valence electrons. The van der Waals surface area contributed by atoms with Crippen LogP contribution in [0.5, 0.6) is 0 Å². The summed E-state index contributed by atoms with van der Waals surface area (Å²) in [5.74, 6) is 1.22. The highest BCUT2D eigenvalue weighted by Gasteiger charge is 2.12. The van der Waals surface area contributed by atoms with E-state index in [0.29, 0.717) is 30.7 Å². The van der Waals surface area contributed by atoms with Crippen LogP contribution in [0, 0.1) is 0 Å². The summed E-state index contributed by atoms with van der Waals surface area (Å²) in [6.07, 6.45) is 3.01. The average molecular weight is 266 g/mol. The maximum atomic E-state index is 5.50. The van der Waals surface area contributed by atoms with Gasteiger partial charge >= 0.3 is 6.01 Å². The SMILES string of the molecule is CCCNC(C)c1nnc(NCCc2ncon2)o1. The van der Waals surface area contributed by atoms with Gasteiger partial charge in [-0.15, -0.1) is 5.10 Å². The fraction of sp³-hybridized carbons (Fsp3) is 0.636. The molecule has 0 bridgehead atoms. The van der Waals surface area contributed by atoms with Gasteiger partial charge in [0.05, 0.1) is 6.04 Å². The van der Waals surface area contributed by atoms with Gasteiger partial charge in [0.15, 0.2) is 5.82 Å². The fourth-order valence-electron chi connectivity index (χ4n) is 1.51. The van der Waals surface area contributed by atoms with Crippen molar-refractivity contribution in [3.63, 3.8) is 0 Å². The minimum Gasteiger partial charge on any atom is -0.406 e. The Hall–Kier alpha value is -1.96. The van der Waals surface area contributed by atoms with Crippen LogP contribution >= 0.6 is 0 Å². The van der Waals surface area contributed by atoms with Crippen LogP contribution in [0.2, 0.25) is 0 Å². The van der Waals surface area contributed by atoms with Crippen molar-refractivity contribution in [3.8, 4) is 0 Å². The number of nitrogens with zero attached hydrogens (tertiary/aromatic N) is 4. The number of rotatable bonds is 8. The molecule has 0 aliphatic heterocycles. The molecular weight excluding hydrogens is 248 g/mol. The van der Waals surface area contributed by atoms with Crippen LogP contribution in [0.25, 0.3) is 0 Å². The number of hydrogen-bond donors (Lipinski definition) is 2. The molecule has 19 heavy (non-hydrogen) atoms. The van der Waals surface area contributed by atoms with Gasteiger partial charge in [0.2, 0.25) is 12.3 Å². The predicted molar refractivity (Wildman–Crippen MR) is 67.5 cm³/mol. The molecule has 0 aliphatic carbocycles. The molecule has 2 rings (SSSR count). The minimum atomic E-state index is 0.0557. The van der Waals surface area contributed by atoms with Gasteiger partial charge in [0.1, 0.15) is 0 Å². The maximum absolute atomic E-state index is 5.50. The third kappa shape index (κ3) is 4.02. The highest BCUT2D eigenvalue weighted by atomic mass is 16.5. The number of anilines is 1. The van der Waals surface area contributed by atoms with E-state index >= 15 is 0 Å². The van der Waals surface area contributed by atoms with Gasteiger partial charge in [-0.05, 0) is 19.9 Å².